The van der Waals surface area contributed by atoms with Crippen molar-refractivity contribution < 1.29 is 13.7 Å². The van der Waals surface area contributed by atoms with Crippen LogP contribution >= 0.6 is 0 Å². The van der Waals surface area contributed by atoms with Crippen LogP contribution in [0.3, 0.4) is 0 Å². The number of halogens is 1. The normalized spacial score (nSPS) is 19.8. The van der Waals surface area contributed by atoms with Crippen molar-refractivity contribution in [2.45, 2.75) is 19.2 Å². The molecule has 21 heavy (non-hydrogen) atoms. The lowest BCUT2D eigenvalue weighted by molar-refractivity contribution is -0.0353. The van der Waals surface area contributed by atoms with Crippen molar-refractivity contribution in [3.63, 3.8) is 0 Å². The lowest BCUT2D eigenvalue weighted by atomic mass is 10.1. The van der Waals surface area contributed by atoms with Gasteiger partial charge in [-0.1, -0.05) is 23.4 Å². The average Bonchev–Trinajstić information content (AvgIpc) is 2.96. The van der Waals surface area contributed by atoms with E-state index in [9.17, 15) is 4.39 Å². The smallest absolute Gasteiger partial charge is 0.240 e. The third kappa shape index (κ3) is 3.26. The number of benzene rings is 1. The molecule has 2 N–H and O–H groups in total. The van der Waals surface area contributed by atoms with E-state index in [1.54, 1.807) is 12.1 Å². The number of morpholine rings is 1. The van der Waals surface area contributed by atoms with E-state index in [0.29, 0.717) is 37.0 Å². The van der Waals surface area contributed by atoms with Crippen molar-refractivity contribution in [2.24, 2.45) is 5.73 Å². The molecule has 7 heteroatoms. The molecule has 1 fully saturated rings. The highest BCUT2D eigenvalue weighted by atomic mass is 19.1. The fourth-order valence-corrected chi connectivity index (χ4v) is 2.41. The van der Waals surface area contributed by atoms with Gasteiger partial charge in [-0.2, -0.15) is 4.98 Å². The standard InChI is InChI=1S/C14H17FN4O2/c15-11-4-2-1-3-10(11)12-8-19(5-6-20-12)9-13-17-14(7-16)21-18-13/h1-4,12H,5-9,16H2. The maximum Gasteiger partial charge on any atom is 0.240 e. The Morgan fingerprint density at radius 2 is 2.24 bits per heavy atom. The highest BCUT2D eigenvalue weighted by molar-refractivity contribution is 5.20. The molecule has 6 nitrogen and oxygen atoms in total. The molecule has 0 aliphatic carbocycles. The molecular weight excluding hydrogens is 275 g/mol. The first kappa shape index (κ1) is 14.1. The van der Waals surface area contributed by atoms with E-state index in [2.05, 4.69) is 15.0 Å². The molecule has 1 unspecified atom stereocenters. The van der Waals surface area contributed by atoms with Crippen LogP contribution in [0.5, 0.6) is 0 Å². The van der Waals surface area contributed by atoms with Crippen molar-refractivity contribution >= 4 is 0 Å². The molecule has 1 aliphatic heterocycles. The second-order valence-corrected chi connectivity index (χ2v) is 4.92. The Bertz CT molecular complexity index is 604. The van der Waals surface area contributed by atoms with Crippen LogP contribution in [0.1, 0.15) is 23.4 Å². The minimum absolute atomic E-state index is 0.230. The summed E-state index contributed by atoms with van der Waals surface area (Å²) in [4.78, 5) is 6.30. The molecule has 0 radical (unpaired) electrons. The van der Waals surface area contributed by atoms with Gasteiger partial charge >= 0.3 is 0 Å². The Morgan fingerprint density at radius 3 is 3.00 bits per heavy atom. The zero-order chi connectivity index (χ0) is 14.7. The van der Waals surface area contributed by atoms with Crippen molar-refractivity contribution in [2.75, 3.05) is 19.7 Å². The number of ether oxygens (including phenoxy) is 1. The minimum atomic E-state index is -0.277. The fraction of sp³-hybridized carbons (Fsp3) is 0.429. The largest absolute Gasteiger partial charge is 0.371 e. The molecule has 0 bridgehead atoms. The second kappa shape index (κ2) is 6.30. The molecule has 112 valence electrons. The summed E-state index contributed by atoms with van der Waals surface area (Å²) in [6, 6.07) is 6.69. The first-order valence-corrected chi connectivity index (χ1v) is 6.86. The number of hydrogen-bond acceptors (Lipinski definition) is 6. The van der Waals surface area contributed by atoms with Gasteiger partial charge in [-0.15, -0.1) is 0 Å². The average molecular weight is 292 g/mol. The van der Waals surface area contributed by atoms with E-state index in [1.807, 2.05) is 6.07 Å². The zero-order valence-electron chi connectivity index (χ0n) is 11.5. The van der Waals surface area contributed by atoms with E-state index in [0.717, 1.165) is 6.54 Å². The van der Waals surface area contributed by atoms with Gasteiger partial charge in [0, 0.05) is 18.7 Å². The van der Waals surface area contributed by atoms with Gasteiger partial charge in [0.15, 0.2) is 5.82 Å². The number of nitrogens with zero attached hydrogens (tertiary/aromatic N) is 3. The monoisotopic (exact) mass is 292 g/mol. The third-order valence-electron chi connectivity index (χ3n) is 3.45. The molecule has 1 aromatic carbocycles. The quantitative estimate of drug-likeness (QED) is 0.913. The Morgan fingerprint density at radius 1 is 1.38 bits per heavy atom. The summed E-state index contributed by atoms with van der Waals surface area (Å²) in [6.07, 6.45) is -0.277. The summed E-state index contributed by atoms with van der Waals surface area (Å²) in [5.74, 6) is 0.767. The highest BCUT2D eigenvalue weighted by Crippen LogP contribution is 2.25. The predicted octanol–water partition coefficient (Wildman–Crippen LogP) is 1.24. The molecule has 2 aromatic rings. The van der Waals surface area contributed by atoms with E-state index >= 15 is 0 Å². The molecule has 2 heterocycles. The molecule has 0 spiro atoms. The molecular formula is C14H17FN4O2. The molecule has 1 aliphatic rings. The summed E-state index contributed by atoms with van der Waals surface area (Å²) < 4.78 is 24.5. The predicted molar refractivity (Wildman–Crippen MR) is 72.6 cm³/mol. The van der Waals surface area contributed by atoms with Crippen molar-refractivity contribution in [1.82, 2.24) is 15.0 Å². The minimum Gasteiger partial charge on any atom is -0.371 e. The Labute approximate surface area is 121 Å². The van der Waals surface area contributed by atoms with Crippen LogP contribution in [0.15, 0.2) is 28.8 Å². The fourth-order valence-electron chi connectivity index (χ4n) is 2.41. The van der Waals surface area contributed by atoms with Gasteiger partial charge in [0.25, 0.3) is 0 Å². The van der Waals surface area contributed by atoms with Gasteiger partial charge in [-0.25, -0.2) is 4.39 Å². The van der Waals surface area contributed by atoms with Crippen molar-refractivity contribution in [1.29, 1.82) is 0 Å². The summed E-state index contributed by atoms with van der Waals surface area (Å²) in [5, 5.41) is 3.87. The van der Waals surface area contributed by atoms with Gasteiger partial charge in [0.1, 0.15) is 5.82 Å². The van der Waals surface area contributed by atoms with Gasteiger partial charge in [0.2, 0.25) is 5.89 Å². The highest BCUT2D eigenvalue weighted by Gasteiger charge is 2.25. The lowest BCUT2D eigenvalue weighted by Crippen LogP contribution is -2.38. The summed E-state index contributed by atoms with van der Waals surface area (Å²) in [7, 11) is 0. The first-order chi connectivity index (χ1) is 10.3. The van der Waals surface area contributed by atoms with Crippen molar-refractivity contribution in [3.8, 4) is 0 Å². The Hall–Kier alpha value is -1.83. The lowest BCUT2D eigenvalue weighted by Gasteiger charge is -2.32. The van der Waals surface area contributed by atoms with Crippen LogP contribution in [0.2, 0.25) is 0 Å². The van der Waals surface area contributed by atoms with Gasteiger partial charge in [0.05, 0.1) is 25.8 Å². The van der Waals surface area contributed by atoms with E-state index in [-0.39, 0.29) is 18.5 Å². The molecule has 1 saturated heterocycles. The third-order valence-corrected chi connectivity index (χ3v) is 3.45. The number of nitrogens with two attached hydrogens (primary N) is 1. The molecule has 1 aromatic heterocycles. The Balaban J connectivity index is 1.67. The van der Waals surface area contributed by atoms with Crippen LogP contribution in [0.4, 0.5) is 4.39 Å². The van der Waals surface area contributed by atoms with E-state index < -0.39 is 0 Å². The number of rotatable bonds is 4. The zero-order valence-corrected chi connectivity index (χ0v) is 11.5. The van der Waals surface area contributed by atoms with Crippen LogP contribution in [0, 0.1) is 5.82 Å². The summed E-state index contributed by atoms with van der Waals surface area (Å²) in [6.45, 7) is 2.65. The van der Waals surface area contributed by atoms with E-state index in [1.165, 1.54) is 6.07 Å². The molecule has 0 amide bonds. The van der Waals surface area contributed by atoms with Crippen molar-refractivity contribution in [3.05, 3.63) is 47.4 Å². The SMILES string of the molecule is NCc1nc(CN2CCOC(c3ccccc3F)C2)no1. The maximum atomic E-state index is 13.8. The van der Waals surface area contributed by atoms with Crippen LogP contribution < -0.4 is 5.73 Å². The van der Waals surface area contributed by atoms with Crippen LogP contribution in [-0.4, -0.2) is 34.7 Å². The Kier molecular flexibility index (Phi) is 4.23. The summed E-state index contributed by atoms with van der Waals surface area (Å²) in [5.41, 5.74) is 6.02. The number of aromatic nitrogens is 2. The molecule has 1 atom stereocenters. The van der Waals surface area contributed by atoms with Gasteiger partial charge in [-0.3, -0.25) is 4.90 Å². The molecule has 0 saturated carbocycles. The number of hydrogen-bond donors (Lipinski definition) is 1. The van der Waals surface area contributed by atoms with Crippen LogP contribution in [-0.2, 0) is 17.8 Å². The second-order valence-electron chi connectivity index (χ2n) is 4.92. The van der Waals surface area contributed by atoms with Crippen LogP contribution in [0.25, 0.3) is 0 Å². The maximum absolute atomic E-state index is 13.8. The van der Waals surface area contributed by atoms with Gasteiger partial charge < -0.3 is 15.0 Å². The first-order valence-electron chi connectivity index (χ1n) is 6.86. The summed E-state index contributed by atoms with van der Waals surface area (Å²) >= 11 is 0. The van der Waals surface area contributed by atoms with Gasteiger partial charge in [-0.05, 0) is 6.07 Å². The molecule has 3 rings (SSSR count). The van der Waals surface area contributed by atoms with E-state index in [4.69, 9.17) is 15.0 Å². The topological polar surface area (TPSA) is 77.4 Å².